The van der Waals surface area contributed by atoms with Gasteiger partial charge in [0.2, 0.25) is 0 Å². The number of para-hydroxylation sites is 1. The Bertz CT molecular complexity index is 1460. The first-order valence-electron chi connectivity index (χ1n) is 13.9. The zero-order valence-electron chi connectivity index (χ0n) is 22.4. The fourth-order valence-electron chi connectivity index (χ4n) is 5.43. The molecular weight excluding hydrogens is 480 g/mol. The van der Waals surface area contributed by atoms with Crippen molar-refractivity contribution >= 4 is 16.7 Å². The number of nitrogens with zero attached hydrogens (tertiary/aromatic N) is 4. The number of fused-ring (bicyclic) bond motifs is 1. The van der Waals surface area contributed by atoms with Crippen molar-refractivity contribution in [1.29, 1.82) is 0 Å². The molecule has 2 heterocycles. The van der Waals surface area contributed by atoms with Gasteiger partial charge in [-0.1, -0.05) is 79.7 Å². The van der Waals surface area contributed by atoms with Crippen LogP contribution in [0.4, 0.5) is 5.82 Å². The number of piperazine rings is 1. The lowest BCUT2D eigenvalue weighted by atomic mass is 9.96. The Morgan fingerprint density at radius 3 is 1.95 bits per heavy atom. The summed E-state index contributed by atoms with van der Waals surface area (Å²) in [4.78, 5) is 15.1. The molecule has 1 fully saturated rings. The van der Waals surface area contributed by atoms with Crippen molar-refractivity contribution in [3.05, 3.63) is 120 Å². The van der Waals surface area contributed by atoms with Crippen LogP contribution in [-0.4, -0.2) is 47.7 Å². The van der Waals surface area contributed by atoms with E-state index in [2.05, 4.69) is 108 Å². The average Bonchev–Trinajstić information content (AvgIpc) is 3.01. The number of rotatable bonds is 8. The molecular formula is C34H34N4O. The van der Waals surface area contributed by atoms with Gasteiger partial charge >= 0.3 is 0 Å². The first-order chi connectivity index (χ1) is 19.3. The molecule has 0 bridgehead atoms. The summed E-state index contributed by atoms with van der Waals surface area (Å²) in [6.07, 6.45) is 0.990. The van der Waals surface area contributed by atoms with Crippen LogP contribution in [0.2, 0.25) is 0 Å². The van der Waals surface area contributed by atoms with Crippen molar-refractivity contribution < 1.29 is 4.74 Å². The summed E-state index contributed by atoms with van der Waals surface area (Å²) in [5, 5.41) is 1.10. The van der Waals surface area contributed by atoms with Crippen molar-refractivity contribution in [1.82, 2.24) is 14.9 Å². The van der Waals surface area contributed by atoms with E-state index >= 15 is 0 Å². The molecule has 1 aromatic heterocycles. The van der Waals surface area contributed by atoms with Gasteiger partial charge in [-0.05, 0) is 53.9 Å². The molecule has 0 N–H and O–H groups in total. The summed E-state index contributed by atoms with van der Waals surface area (Å²) in [5.41, 5.74) is 4.63. The van der Waals surface area contributed by atoms with Crippen molar-refractivity contribution in [3.63, 3.8) is 0 Å². The lowest BCUT2D eigenvalue weighted by Gasteiger charge is -2.40. The Labute approximate surface area is 230 Å². The molecule has 1 saturated heterocycles. The number of hydrogen-bond acceptors (Lipinski definition) is 5. The zero-order valence-corrected chi connectivity index (χ0v) is 22.4. The van der Waals surface area contributed by atoms with Gasteiger partial charge < -0.3 is 9.64 Å². The molecule has 6 rings (SSSR count). The van der Waals surface area contributed by atoms with Gasteiger partial charge in [0.05, 0.1) is 18.2 Å². The van der Waals surface area contributed by atoms with E-state index in [0.717, 1.165) is 73.1 Å². The normalized spacial score (nSPS) is 14.2. The maximum atomic E-state index is 5.77. The molecule has 4 aromatic carbocycles. The minimum absolute atomic E-state index is 0.237. The van der Waals surface area contributed by atoms with Crippen molar-refractivity contribution in [2.45, 2.75) is 19.4 Å². The molecule has 1 aliphatic heterocycles. The van der Waals surface area contributed by atoms with E-state index in [0.29, 0.717) is 0 Å². The molecule has 5 aromatic rings. The summed E-state index contributed by atoms with van der Waals surface area (Å²) < 4.78 is 5.77. The first-order valence-corrected chi connectivity index (χ1v) is 13.9. The SMILES string of the molecule is CCCOc1ccc(-c2nc(N3CCN(C(c4ccccc4)c4ccccc4)CC3)c3ccccc3n2)cc1. The van der Waals surface area contributed by atoms with Crippen LogP contribution in [0.5, 0.6) is 5.75 Å². The second-order valence-corrected chi connectivity index (χ2v) is 10.0. The van der Waals surface area contributed by atoms with Crippen LogP contribution in [0.1, 0.15) is 30.5 Å². The lowest BCUT2D eigenvalue weighted by Crippen LogP contribution is -2.48. The lowest BCUT2D eigenvalue weighted by molar-refractivity contribution is 0.212. The number of ether oxygens (including phenoxy) is 1. The Kier molecular flexibility index (Phi) is 7.50. The molecule has 5 nitrogen and oxygen atoms in total. The molecule has 0 radical (unpaired) electrons. The summed E-state index contributed by atoms with van der Waals surface area (Å²) in [6, 6.07) is 38.4. The maximum absolute atomic E-state index is 5.77. The van der Waals surface area contributed by atoms with Gasteiger partial charge in [0.15, 0.2) is 5.82 Å². The number of aromatic nitrogens is 2. The fourth-order valence-corrected chi connectivity index (χ4v) is 5.43. The van der Waals surface area contributed by atoms with Gasteiger partial charge in [-0.3, -0.25) is 4.90 Å². The topological polar surface area (TPSA) is 41.5 Å². The predicted octanol–water partition coefficient (Wildman–Crippen LogP) is 7.00. The molecule has 0 spiro atoms. The highest BCUT2D eigenvalue weighted by Gasteiger charge is 2.28. The monoisotopic (exact) mass is 514 g/mol. The fraction of sp³-hybridized carbons (Fsp3) is 0.235. The summed E-state index contributed by atoms with van der Waals surface area (Å²) in [5.74, 6) is 2.64. The average molecular weight is 515 g/mol. The second kappa shape index (κ2) is 11.7. The van der Waals surface area contributed by atoms with E-state index in [-0.39, 0.29) is 6.04 Å². The van der Waals surface area contributed by atoms with Gasteiger partial charge in [0.25, 0.3) is 0 Å². The Hall–Kier alpha value is -4.22. The van der Waals surface area contributed by atoms with Crippen molar-refractivity contribution in [2.24, 2.45) is 0 Å². The van der Waals surface area contributed by atoms with E-state index in [1.54, 1.807) is 0 Å². The van der Waals surface area contributed by atoms with Crippen molar-refractivity contribution in [3.8, 4) is 17.1 Å². The van der Waals surface area contributed by atoms with E-state index in [1.807, 2.05) is 18.2 Å². The number of hydrogen-bond donors (Lipinski definition) is 0. The number of benzene rings is 4. The molecule has 39 heavy (non-hydrogen) atoms. The highest BCUT2D eigenvalue weighted by atomic mass is 16.5. The molecule has 196 valence electrons. The smallest absolute Gasteiger partial charge is 0.162 e. The van der Waals surface area contributed by atoms with Crippen LogP contribution in [0.15, 0.2) is 109 Å². The predicted molar refractivity (Wildman–Crippen MR) is 159 cm³/mol. The molecule has 0 atom stereocenters. The summed E-state index contributed by atoms with van der Waals surface area (Å²) in [7, 11) is 0. The van der Waals surface area contributed by atoms with Gasteiger partial charge in [0, 0.05) is 37.1 Å². The van der Waals surface area contributed by atoms with Crippen LogP contribution < -0.4 is 9.64 Å². The van der Waals surface area contributed by atoms with E-state index in [4.69, 9.17) is 14.7 Å². The molecule has 0 amide bonds. The van der Waals surface area contributed by atoms with Gasteiger partial charge in [-0.25, -0.2) is 9.97 Å². The van der Waals surface area contributed by atoms with E-state index in [9.17, 15) is 0 Å². The number of anilines is 1. The van der Waals surface area contributed by atoms with E-state index in [1.165, 1.54) is 11.1 Å². The van der Waals surface area contributed by atoms with Gasteiger partial charge in [-0.15, -0.1) is 0 Å². The standard InChI is InChI=1S/C34H34N4O/c1-2-25-39-29-19-17-28(18-20-29)33-35-31-16-10-9-15-30(31)34(36-33)38-23-21-37(22-24-38)32(26-11-5-3-6-12-26)27-13-7-4-8-14-27/h3-20,32H,2,21-25H2,1H3. The Balaban J connectivity index is 1.28. The van der Waals surface area contributed by atoms with Crippen LogP contribution in [0.3, 0.4) is 0 Å². The third-order valence-electron chi connectivity index (χ3n) is 7.38. The molecule has 0 saturated carbocycles. The summed E-state index contributed by atoms with van der Waals surface area (Å²) >= 11 is 0. The largest absolute Gasteiger partial charge is 0.494 e. The Morgan fingerprint density at radius 2 is 1.31 bits per heavy atom. The minimum Gasteiger partial charge on any atom is -0.494 e. The van der Waals surface area contributed by atoms with Crippen LogP contribution in [0, 0.1) is 0 Å². The van der Waals surface area contributed by atoms with Gasteiger partial charge in [0.1, 0.15) is 11.6 Å². The van der Waals surface area contributed by atoms with E-state index < -0.39 is 0 Å². The van der Waals surface area contributed by atoms with Gasteiger partial charge in [-0.2, -0.15) is 0 Å². The third kappa shape index (κ3) is 5.50. The molecule has 0 aliphatic carbocycles. The molecule has 5 heteroatoms. The molecule has 0 unspecified atom stereocenters. The first kappa shape index (κ1) is 25.1. The minimum atomic E-state index is 0.237. The quantitative estimate of drug-likeness (QED) is 0.223. The third-order valence-corrected chi connectivity index (χ3v) is 7.38. The molecule has 1 aliphatic rings. The highest BCUT2D eigenvalue weighted by Crippen LogP contribution is 2.33. The Morgan fingerprint density at radius 1 is 0.692 bits per heavy atom. The zero-order chi connectivity index (χ0) is 26.4. The van der Waals surface area contributed by atoms with Crippen LogP contribution >= 0.6 is 0 Å². The maximum Gasteiger partial charge on any atom is 0.162 e. The second-order valence-electron chi connectivity index (χ2n) is 10.0. The van der Waals surface area contributed by atoms with Crippen molar-refractivity contribution in [2.75, 3.05) is 37.7 Å². The van der Waals surface area contributed by atoms with Crippen LogP contribution in [-0.2, 0) is 0 Å². The summed E-state index contributed by atoms with van der Waals surface area (Å²) in [6.45, 7) is 6.54. The highest BCUT2D eigenvalue weighted by molar-refractivity contribution is 5.91. The van der Waals surface area contributed by atoms with Crippen LogP contribution in [0.25, 0.3) is 22.3 Å².